The Morgan fingerprint density at radius 2 is 1.67 bits per heavy atom. The average Bonchev–Trinajstić information content (AvgIpc) is 2.90. The normalized spacial score (nSPS) is 22.6. The van der Waals surface area contributed by atoms with E-state index in [1.807, 2.05) is 0 Å². The SMILES string of the molecule is FC(F)(F)c1cccc(NC2CCC3(CCCC3)CC2)c1. The van der Waals surface area contributed by atoms with Crippen LogP contribution >= 0.6 is 0 Å². The van der Waals surface area contributed by atoms with Gasteiger partial charge in [0.2, 0.25) is 0 Å². The van der Waals surface area contributed by atoms with Crippen molar-refractivity contribution in [3.05, 3.63) is 29.8 Å². The number of alkyl halides is 3. The number of hydrogen-bond donors (Lipinski definition) is 1. The molecule has 0 atom stereocenters. The molecule has 1 spiro atoms. The van der Waals surface area contributed by atoms with E-state index in [1.54, 1.807) is 6.07 Å². The van der Waals surface area contributed by atoms with Gasteiger partial charge in [0, 0.05) is 11.7 Å². The molecule has 1 nitrogen and oxygen atoms in total. The summed E-state index contributed by atoms with van der Waals surface area (Å²) in [5.74, 6) is 0. The molecule has 4 heteroatoms. The van der Waals surface area contributed by atoms with Crippen LogP contribution in [-0.2, 0) is 6.18 Å². The molecule has 0 amide bonds. The molecule has 0 unspecified atom stereocenters. The molecule has 3 rings (SSSR count). The Hall–Kier alpha value is -1.19. The molecular weight excluding hydrogens is 275 g/mol. The van der Waals surface area contributed by atoms with Crippen molar-refractivity contribution >= 4 is 5.69 Å². The molecule has 1 N–H and O–H groups in total. The first-order chi connectivity index (χ1) is 9.97. The number of hydrogen-bond acceptors (Lipinski definition) is 1. The van der Waals surface area contributed by atoms with Crippen LogP contribution in [-0.4, -0.2) is 6.04 Å². The molecule has 0 radical (unpaired) electrons. The topological polar surface area (TPSA) is 12.0 Å². The molecule has 2 aliphatic rings. The Morgan fingerprint density at radius 3 is 2.29 bits per heavy atom. The Kier molecular flexibility index (Phi) is 3.89. The number of rotatable bonds is 2. The summed E-state index contributed by atoms with van der Waals surface area (Å²) >= 11 is 0. The van der Waals surface area contributed by atoms with E-state index in [0.29, 0.717) is 17.1 Å². The summed E-state index contributed by atoms with van der Waals surface area (Å²) in [6, 6.07) is 5.88. The molecule has 0 saturated heterocycles. The minimum Gasteiger partial charge on any atom is -0.382 e. The number of nitrogens with one attached hydrogen (secondary N) is 1. The van der Waals surface area contributed by atoms with Crippen LogP contribution in [0.1, 0.15) is 56.9 Å². The zero-order chi connectivity index (χ0) is 14.9. The standard InChI is InChI=1S/C17H22F3N/c18-17(19,20)13-4-3-5-15(12-13)21-14-6-10-16(11-7-14)8-1-2-9-16/h3-5,12,14,21H,1-2,6-11H2. The van der Waals surface area contributed by atoms with Gasteiger partial charge < -0.3 is 5.32 Å². The van der Waals surface area contributed by atoms with E-state index >= 15 is 0 Å². The highest BCUT2D eigenvalue weighted by Gasteiger charge is 2.37. The molecule has 21 heavy (non-hydrogen) atoms. The predicted molar refractivity (Wildman–Crippen MR) is 78.2 cm³/mol. The van der Waals surface area contributed by atoms with Gasteiger partial charge in [-0.05, 0) is 62.1 Å². The second kappa shape index (κ2) is 5.54. The van der Waals surface area contributed by atoms with Crippen LogP contribution in [0.2, 0.25) is 0 Å². The summed E-state index contributed by atoms with van der Waals surface area (Å²) in [5.41, 5.74) is 0.583. The minimum absolute atomic E-state index is 0.319. The summed E-state index contributed by atoms with van der Waals surface area (Å²) in [4.78, 5) is 0. The Labute approximate surface area is 123 Å². The van der Waals surface area contributed by atoms with E-state index in [0.717, 1.165) is 18.9 Å². The molecule has 2 saturated carbocycles. The molecule has 1 aromatic rings. The van der Waals surface area contributed by atoms with Crippen LogP contribution in [0.3, 0.4) is 0 Å². The largest absolute Gasteiger partial charge is 0.416 e. The number of anilines is 1. The van der Waals surface area contributed by atoms with E-state index in [1.165, 1.54) is 50.7 Å². The van der Waals surface area contributed by atoms with Crippen molar-refractivity contribution in [3.8, 4) is 0 Å². The molecule has 0 heterocycles. The lowest BCUT2D eigenvalue weighted by atomic mass is 9.71. The van der Waals surface area contributed by atoms with Crippen molar-refractivity contribution in [1.29, 1.82) is 0 Å². The predicted octanol–water partition coefficient (Wildman–Crippen LogP) is 5.62. The smallest absolute Gasteiger partial charge is 0.382 e. The van der Waals surface area contributed by atoms with Crippen molar-refractivity contribution < 1.29 is 13.2 Å². The van der Waals surface area contributed by atoms with Crippen LogP contribution < -0.4 is 5.32 Å². The maximum absolute atomic E-state index is 12.7. The highest BCUT2D eigenvalue weighted by Crippen LogP contribution is 2.49. The lowest BCUT2D eigenvalue weighted by Crippen LogP contribution is -2.31. The third kappa shape index (κ3) is 3.35. The van der Waals surface area contributed by atoms with Crippen LogP contribution in [0.25, 0.3) is 0 Å². The first-order valence-corrected chi connectivity index (χ1v) is 7.91. The van der Waals surface area contributed by atoms with Gasteiger partial charge in [-0.2, -0.15) is 13.2 Å². The first kappa shape index (κ1) is 14.7. The van der Waals surface area contributed by atoms with E-state index in [2.05, 4.69) is 5.32 Å². The van der Waals surface area contributed by atoms with Crippen molar-refractivity contribution in [2.24, 2.45) is 5.41 Å². The molecule has 2 fully saturated rings. The highest BCUT2D eigenvalue weighted by atomic mass is 19.4. The van der Waals surface area contributed by atoms with E-state index in [-0.39, 0.29) is 0 Å². The summed E-state index contributed by atoms with van der Waals surface area (Å²) < 4.78 is 38.2. The van der Waals surface area contributed by atoms with Crippen molar-refractivity contribution in [2.45, 2.75) is 63.6 Å². The van der Waals surface area contributed by atoms with Gasteiger partial charge in [0.1, 0.15) is 0 Å². The Morgan fingerprint density at radius 1 is 1.00 bits per heavy atom. The van der Waals surface area contributed by atoms with Gasteiger partial charge in [-0.1, -0.05) is 18.9 Å². The fraction of sp³-hybridized carbons (Fsp3) is 0.647. The molecule has 0 bridgehead atoms. The lowest BCUT2D eigenvalue weighted by Gasteiger charge is -2.38. The zero-order valence-corrected chi connectivity index (χ0v) is 12.2. The Balaban J connectivity index is 1.60. The maximum atomic E-state index is 12.7. The second-order valence-electron chi connectivity index (χ2n) is 6.70. The van der Waals surface area contributed by atoms with Gasteiger partial charge in [0.25, 0.3) is 0 Å². The Bertz CT molecular complexity index is 479. The summed E-state index contributed by atoms with van der Waals surface area (Å²) in [6.07, 6.45) is 5.75. The van der Waals surface area contributed by atoms with Gasteiger partial charge in [-0.25, -0.2) is 0 Å². The second-order valence-corrected chi connectivity index (χ2v) is 6.70. The van der Waals surface area contributed by atoms with E-state index < -0.39 is 11.7 Å². The van der Waals surface area contributed by atoms with E-state index in [4.69, 9.17) is 0 Å². The van der Waals surface area contributed by atoms with Gasteiger partial charge in [-0.3, -0.25) is 0 Å². The van der Waals surface area contributed by atoms with Gasteiger partial charge in [0.15, 0.2) is 0 Å². The lowest BCUT2D eigenvalue weighted by molar-refractivity contribution is -0.137. The molecule has 1 aromatic carbocycles. The van der Waals surface area contributed by atoms with Crippen LogP contribution in [0.5, 0.6) is 0 Å². The first-order valence-electron chi connectivity index (χ1n) is 7.91. The molecule has 2 aliphatic carbocycles. The summed E-state index contributed by atoms with van der Waals surface area (Å²) in [6.45, 7) is 0. The van der Waals surface area contributed by atoms with Crippen molar-refractivity contribution in [1.82, 2.24) is 0 Å². The van der Waals surface area contributed by atoms with Crippen molar-refractivity contribution in [2.75, 3.05) is 5.32 Å². The zero-order valence-electron chi connectivity index (χ0n) is 12.2. The maximum Gasteiger partial charge on any atom is 0.416 e. The average molecular weight is 297 g/mol. The third-order valence-corrected chi connectivity index (χ3v) is 5.27. The fourth-order valence-electron chi connectivity index (χ4n) is 4.02. The number of benzene rings is 1. The molecule has 116 valence electrons. The van der Waals surface area contributed by atoms with Crippen molar-refractivity contribution in [3.63, 3.8) is 0 Å². The molecular formula is C17H22F3N. The van der Waals surface area contributed by atoms with Crippen LogP contribution in [0.15, 0.2) is 24.3 Å². The van der Waals surface area contributed by atoms with Gasteiger partial charge >= 0.3 is 6.18 Å². The molecule has 0 aromatic heterocycles. The summed E-state index contributed by atoms with van der Waals surface area (Å²) in [5, 5.41) is 3.30. The summed E-state index contributed by atoms with van der Waals surface area (Å²) in [7, 11) is 0. The van der Waals surface area contributed by atoms with Gasteiger partial charge in [-0.15, -0.1) is 0 Å². The highest BCUT2D eigenvalue weighted by molar-refractivity contribution is 5.47. The van der Waals surface area contributed by atoms with Crippen LogP contribution in [0, 0.1) is 5.41 Å². The van der Waals surface area contributed by atoms with Gasteiger partial charge in [0.05, 0.1) is 5.56 Å². The third-order valence-electron chi connectivity index (χ3n) is 5.27. The van der Waals surface area contributed by atoms with E-state index in [9.17, 15) is 13.2 Å². The minimum atomic E-state index is -4.27. The van der Waals surface area contributed by atoms with Crippen LogP contribution in [0.4, 0.5) is 18.9 Å². The monoisotopic (exact) mass is 297 g/mol. The fourth-order valence-corrected chi connectivity index (χ4v) is 4.02. The molecule has 0 aliphatic heterocycles. The number of halogens is 3. The quantitative estimate of drug-likeness (QED) is 0.747.